The van der Waals surface area contributed by atoms with Crippen molar-refractivity contribution in [1.29, 1.82) is 0 Å². The Morgan fingerprint density at radius 1 is 0.906 bits per heavy atom. The summed E-state index contributed by atoms with van der Waals surface area (Å²) >= 11 is 0. The molecule has 5 amide bonds. The van der Waals surface area contributed by atoms with Crippen molar-refractivity contribution in [2.45, 2.75) is 32.8 Å². The van der Waals surface area contributed by atoms with E-state index in [0.29, 0.717) is 37.2 Å². The van der Waals surface area contributed by atoms with Crippen molar-refractivity contribution in [2.24, 2.45) is 0 Å². The number of carbonyl (C=O) groups excluding carboxylic acids is 5. The Kier molecular flexibility index (Phi) is 6.81. The minimum Gasteiger partial charge on any atom is -0.444 e. The molecular weight excluding hydrogens is 416 g/mol. The maximum atomic E-state index is 12.8. The Morgan fingerprint density at radius 2 is 1.44 bits per heavy atom. The van der Waals surface area contributed by atoms with E-state index < -0.39 is 23.5 Å². The van der Waals surface area contributed by atoms with E-state index in [9.17, 15) is 24.0 Å². The molecule has 0 bridgehead atoms. The SMILES string of the molecule is CC(C)(C)OC(=O)NCC(=O)N1CCCN(C(=O)CN2C(=O)c3ccccc3C2=O)CC1. The van der Waals surface area contributed by atoms with Crippen LogP contribution in [0.5, 0.6) is 0 Å². The van der Waals surface area contributed by atoms with Gasteiger partial charge in [0.05, 0.1) is 11.1 Å². The first kappa shape index (κ1) is 23.2. The average molecular weight is 444 g/mol. The minimum absolute atomic E-state index is 0.197. The molecule has 1 aromatic rings. The fourth-order valence-electron chi connectivity index (χ4n) is 3.61. The van der Waals surface area contributed by atoms with Gasteiger partial charge in [-0.1, -0.05) is 12.1 Å². The number of amides is 5. The molecule has 10 heteroatoms. The number of carbonyl (C=O) groups is 5. The van der Waals surface area contributed by atoms with Crippen molar-refractivity contribution in [2.75, 3.05) is 39.3 Å². The van der Waals surface area contributed by atoms with Crippen LogP contribution in [0.15, 0.2) is 24.3 Å². The third-order valence-corrected chi connectivity index (χ3v) is 5.16. The van der Waals surface area contributed by atoms with Gasteiger partial charge < -0.3 is 19.9 Å². The zero-order valence-electron chi connectivity index (χ0n) is 18.6. The molecule has 0 radical (unpaired) electrons. The first-order chi connectivity index (χ1) is 15.1. The number of nitrogens with zero attached hydrogens (tertiary/aromatic N) is 3. The molecule has 1 saturated heterocycles. The highest BCUT2D eigenvalue weighted by atomic mass is 16.6. The van der Waals surface area contributed by atoms with E-state index >= 15 is 0 Å². The van der Waals surface area contributed by atoms with E-state index in [1.807, 2.05) is 0 Å². The quantitative estimate of drug-likeness (QED) is 0.689. The molecule has 0 spiro atoms. The summed E-state index contributed by atoms with van der Waals surface area (Å²) in [5.74, 6) is -1.57. The van der Waals surface area contributed by atoms with E-state index in [2.05, 4.69) is 5.32 Å². The number of alkyl carbamates (subject to hydrolysis) is 1. The second kappa shape index (κ2) is 9.37. The number of fused-ring (bicyclic) bond motifs is 1. The second-order valence-corrected chi connectivity index (χ2v) is 8.71. The number of hydrogen-bond acceptors (Lipinski definition) is 6. The number of nitrogens with one attached hydrogen (secondary N) is 1. The smallest absolute Gasteiger partial charge is 0.408 e. The maximum Gasteiger partial charge on any atom is 0.408 e. The standard InChI is InChI=1S/C22H28N4O6/c1-22(2,3)32-21(31)23-13-17(27)24-9-6-10-25(12-11-24)18(28)14-26-19(29)15-7-4-5-8-16(15)20(26)30/h4-5,7-8H,6,9-14H2,1-3H3,(H,23,31). The predicted octanol–water partition coefficient (Wildman–Crippen LogP) is 0.868. The van der Waals surface area contributed by atoms with Gasteiger partial charge >= 0.3 is 6.09 Å². The highest BCUT2D eigenvalue weighted by Gasteiger charge is 2.37. The van der Waals surface area contributed by atoms with Crippen LogP contribution in [0.25, 0.3) is 0 Å². The van der Waals surface area contributed by atoms with Gasteiger partial charge in [0.2, 0.25) is 11.8 Å². The van der Waals surface area contributed by atoms with Crippen LogP contribution in [0.2, 0.25) is 0 Å². The van der Waals surface area contributed by atoms with E-state index in [-0.39, 0.29) is 31.4 Å². The zero-order valence-corrected chi connectivity index (χ0v) is 18.6. The van der Waals surface area contributed by atoms with Crippen molar-refractivity contribution < 1.29 is 28.7 Å². The second-order valence-electron chi connectivity index (χ2n) is 8.71. The molecule has 172 valence electrons. The summed E-state index contributed by atoms with van der Waals surface area (Å²) in [5, 5.41) is 2.44. The molecule has 32 heavy (non-hydrogen) atoms. The lowest BCUT2D eigenvalue weighted by molar-refractivity contribution is -0.133. The molecule has 0 atom stereocenters. The minimum atomic E-state index is -0.668. The molecule has 0 unspecified atom stereocenters. The largest absolute Gasteiger partial charge is 0.444 e. The first-order valence-electron chi connectivity index (χ1n) is 10.5. The molecular formula is C22H28N4O6. The Morgan fingerprint density at radius 3 is 1.97 bits per heavy atom. The Bertz CT molecular complexity index is 904. The van der Waals surface area contributed by atoms with Crippen LogP contribution in [0, 0.1) is 0 Å². The van der Waals surface area contributed by atoms with Gasteiger partial charge in [-0.05, 0) is 39.3 Å². The molecule has 2 heterocycles. The Balaban J connectivity index is 1.50. The van der Waals surface area contributed by atoms with Gasteiger partial charge in [0.15, 0.2) is 0 Å². The topological polar surface area (TPSA) is 116 Å². The van der Waals surface area contributed by atoms with Crippen LogP contribution in [-0.4, -0.2) is 89.3 Å². The van der Waals surface area contributed by atoms with Gasteiger partial charge in [0, 0.05) is 26.2 Å². The van der Waals surface area contributed by atoms with Gasteiger partial charge in [-0.2, -0.15) is 0 Å². The summed E-state index contributed by atoms with van der Waals surface area (Å²) in [5.41, 5.74) is -0.0540. The Labute approximate surface area is 186 Å². The lowest BCUT2D eigenvalue weighted by Gasteiger charge is -2.24. The van der Waals surface area contributed by atoms with Gasteiger partial charge in [-0.3, -0.25) is 24.1 Å². The summed E-state index contributed by atoms with van der Waals surface area (Å²) in [7, 11) is 0. The summed E-state index contributed by atoms with van der Waals surface area (Å²) in [4.78, 5) is 66.0. The maximum absolute atomic E-state index is 12.8. The molecule has 1 N–H and O–H groups in total. The van der Waals surface area contributed by atoms with Crippen molar-refractivity contribution >= 4 is 29.7 Å². The van der Waals surface area contributed by atoms with Gasteiger partial charge in [0.1, 0.15) is 18.7 Å². The van der Waals surface area contributed by atoms with Crippen LogP contribution >= 0.6 is 0 Å². The van der Waals surface area contributed by atoms with E-state index in [1.54, 1.807) is 54.8 Å². The molecule has 1 fully saturated rings. The summed E-state index contributed by atoms with van der Waals surface area (Å²) in [6.07, 6.45) is -0.120. The predicted molar refractivity (Wildman–Crippen MR) is 114 cm³/mol. The molecule has 0 aromatic heterocycles. The molecule has 10 nitrogen and oxygen atoms in total. The van der Waals surface area contributed by atoms with Crippen molar-refractivity contribution in [3.8, 4) is 0 Å². The van der Waals surface area contributed by atoms with Crippen LogP contribution < -0.4 is 5.32 Å². The lowest BCUT2D eigenvalue weighted by Crippen LogP contribution is -2.45. The third kappa shape index (κ3) is 5.43. The molecule has 3 rings (SSSR count). The highest BCUT2D eigenvalue weighted by molar-refractivity contribution is 6.22. The summed E-state index contributed by atoms with van der Waals surface area (Å²) in [6.45, 7) is 6.09. The van der Waals surface area contributed by atoms with Gasteiger partial charge in [0.25, 0.3) is 11.8 Å². The molecule has 1 aromatic carbocycles. The molecule has 2 aliphatic heterocycles. The average Bonchev–Trinajstić information content (AvgIpc) is 2.91. The lowest BCUT2D eigenvalue weighted by atomic mass is 10.1. The van der Waals surface area contributed by atoms with E-state index in [4.69, 9.17) is 4.74 Å². The van der Waals surface area contributed by atoms with Gasteiger partial charge in [-0.25, -0.2) is 4.79 Å². The fourth-order valence-corrected chi connectivity index (χ4v) is 3.61. The van der Waals surface area contributed by atoms with E-state index in [1.165, 1.54) is 0 Å². The third-order valence-electron chi connectivity index (χ3n) is 5.16. The number of rotatable bonds is 4. The summed E-state index contributed by atoms with van der Waals surface area (Å²) in [6, 6.07) is 6.49. The van der Waals surface area contributed by atoms with Crippen molar-refractivity contribution in [3.05, 3.63) is 35.4 Å². The number of ether oxygens (including phenoxy) is 1. The normalized spacial score (nSPS) is 16.5. The Hall–Kier alpha value is -3.43. The number of imide groups is 1. The fraction of sp³-hybridized carbons (Fsp3) is 0.500. The van der Waals surface area contributed by atoms with Crippen LogP contribution in [0.1, 0.15) is 47.9 Å². The molecule has 2 aliphatic rings. The first-order valence-corrected chi connectivity index (χ1v) is 10.5. The van der Waals surface area contributed by atoms with Crippen LogP contribution in [0.4, 0.5) is 4.79 Å². The molecule has 0 saturated carbocycles. The van der Waals surface area contributed by atoms with Crippen molar-refractivity contribution in [1.82, 2.24) is 20.0 Å². The molecule has 0 aliphatic carbocycles. The number of benzene rings is 1. The van der Waals surface area contributed by atoms with Crippen LogP contribution in [0.3, 0.4) is 0 Å². The van der Waals surface area contributed by atoms with E-state index in [0.717, 1.165) is 4.90 Å². The van der Waals surface area contributed by atoms with Crippen LogP contribution in [-0.2, 0) is 14.3 Å². The number of hydrogen-bond donors (Lipinski definition) is 1. The zero-order chi connectivity index (χ0) is 23.5. The van der Waals surface area contributed by atoms with Crippen molar-refractivity contribution in [3.63, 3.8) is 0 Å². The highest BCUT2D eigenvalue weighted by Crippen LogP contribution is 2.22. The monoisotopic (exact) mass is 444 g/mol. The summed E-state index contributed by atoms with van der Waals surface area (Å²) < 4.78 is 5.12. The van der Waals surface area contributed by atoms with Gasteiger partial charge in [-0.15, -0.1) is 0 Å².